The Bertz CT molecular complexity index is 305. The van der Waals surface area contributed by atoms with E-state index in [1.807, 2.05) is 0 Å². The molecule has 0 saturated carbocycles. The molecule has 0 N–H and O–H groups in total. The van der Waals surface area contributed by atoms with Crippen LogP contribution in [-0.2, 0) is 0 Å². The second-order valence-corrected chi connectivity index (χ2v) is 5.64. The predicted octanol–water partition coefficient (Wildman–Crippen LogP) is 4.63. The third-order valence-electron chi connectivity index (χ3n) is 2.94. The lowest BCUT2D eigenvalue weighted by Crippen LogP contribution is -2.11. The first-order valence-corrected chi connectivity index (χ1v) is 6.10. The van der Waals surface area contributed by atoms with Crippen LogP contribution in [0.15, 0.2) is 24.3 Å². The van der Waals surface area contributed by atoms with Gasteiger partial charge in [0.05, 0.1) is 7.11 Å². The Morgan fingerprint density at radius 1 is 1.12 bits per heavy atom. The van der Waals surface area contributed by atoms with Gasteiger partial charge in [0.1, 0.15) is 5.75 Å². The fourth-order valence-electron chi connectivity index (χ4n) is 2.11. The predicted molar refractivity (Wildman–Crippen MR) is 70.1 cm³/mol. The zero-order chi connectivity index (χ0) is 12.2. The highest BCUT2D eigenvalue weighted by Crippen LogP contribution is 2.33. The van der Waals surface area contributed by atoms with Crippen LogP contribution in [0.2, 0.25) is 0 Å². The summed E-state index contributed by atoms with van der Waals surface area (Å²) in [6.45, 7) is 9.18. The number of benzene rings is 1. The topological polar surface area (TPSA) is 9.23 Å². The fraction of sp³-hybridized carbons (Fsp3) is 0.600. The van der Waals surface area contributed by atoms with Crippen molar-refractivity contribution in [1.82, 2.24) is 0 Å². The summed E-state index contributed by atoms with van der Waals surface area (Å²) in [6.07, 6.45) is 2.43. The highest BCUT2D eigenvalue weighted by molar-refractivity contribution is 5.29. The monoisotopic (exact) mass is 220 g/mol. The molecule has 1 heteroatoms. The number of rotatable bonds is 4. The van der Waals surface area contributed by atoms with E-state index in [2.05, 4.69) is 52.0 Å². The maximum atomic E-state index is 5.18. The quantitative estimate of drug-likeness (QED) is 0.719. The van der Waals surface area contributed by atoms with Crippen LogP contribution in [0.4, 0.5) is 0 Å². The molecule has 0 amide bonds. The molecule has 0 radical (unpaired) electrons. The van der Waals surface area contributed by atoms with E-state index in [9.17, 15) is 0 Å². The summed E-state index contributed by atoms with van der Waals surface area (Å²) >= 11 is 0. The van der Waals surface area contributed by atoms with Crippen LogP contribution in [0.3, 0.4) is 0 Å². The van der Waals surface area contributed by atoms with Crippen molar-refractivity contribution in [2.75, 3.05) is 7.11 Å². The van der Waals surface area contributed by atoms with E-state index in [0.717, 1.165) is 5.75 Å². The molecule has 90 valence electrons. The second-order valence-electron chi connectivity index (χ2n) is 5.64. The molecule has 1 aromatic carbocycles. The van der Waals surface area contributed by atoms with Gasteiger partial charge in [-0.25, -0.2) is 0 Å². The third kappa shape index (κ3) is 3.88. The minimum absolute atomic E-state index is 0.389. The molecule has 0 bridgehead atoms. The standard InChI is InChI=1S/C15H24O/c1-6-12(11-15(2,3)4)13-7-9-14(16-5)10-8-13/h7-10,12H,6,11H2,1-5H3. The molecule has 0 spiro atoms. The van der Waals surface area contributed by atoms with Crippen LogP contribution in [0, 0.1) is 5.41 Å². The number of hydrogen-bond donors (Lipinski definition) is 0. The molecule has 1 rings (SSSR count). The zero-order valence-electron chi connectivity index (χ0n) is 11.2. The van der Waals surface area contributed by atoms with Crippen molar-refractivity contribution in [2.24, 2.45) is 5.41 Å². The Morgan fingerprint density at radius 2 is 1.69 bits per heavy atom. The number of methoxy groups -OCH3 is 1. The molecule has 0 saturated heterocycles. The number of hydrogen-bond acceptors (Lipinski definition) is 1. The molecule has 0 aliphatic heterocycles. The molecule has 0 fully saturated rings. The lowest BCUT2D eigenvalue weighted by atomic mass is 9.80. The van der Waals surface area contributed by atoms with Crippen LogP contribution in [0.5, 0.6) is 5.75 Å². The van der Waals surface area contributed by atoms with Gasteiger partial charge in [0.15, 0.2) is 0 Å². The average molecular weight is 220 g/mol. The van der Waals surface area contributed by atoms with E-state index in [4.69, 9.17) is 4.74 Å². The summed E-state index contributed by atoms with van der Waals surface area (Å²) in [5.74, 6) is 1.60. The minimum Gasteiger partial charge on any atom is -0.497 e. The first-order valence-electron chi connectivity index (χ1n) is 6.10. The fourth-order valence-corrected chi connectivity index (χ4v) is 2.11. The average Bonchev–Trinajstić information content (AvgIpc) is 2.25. The van der Waals surface area contributed by atoms with Crippen molar-refractivity contribution in [3.05, 3.63) is 29.8 Å². The van der Waals surface area contributed by atoms with Gasteiger partial charge in [-0.2, -0.15) is 0 Å². The molecule has 1 unspecified atom stereocenters. The van der Waals surface area contributed by atoms with Gasteiger partial charge in [-0.3, -0.25) is 0 Å². The van der Waals surface area contributed by atoms with Crippen LogP contribution < -0.4 is 4.74 Å². The van der Waals surface area contributed by atoms with Gasteiger partial charge in [0.25, 0.3) is 0 Å². The van der Waals surface area contributed by atoms with Crippen molar-refractivity contribution in [3.8, 4) is 5.75 Å². The van der Waals surface area contributed by atoms with Gasteiger partial charge in [-0.1, -0.05) is 39.8 Å². The van der Waals surface area contributed by atoms with Crippen LogP contribution in [-0.4, -0.2) is 7.11 Å². The van der Waals surface area contributed by atoms with Gasteiger partial charge in [0, 0.05) is 0 Å². The van der Waals surface area contributed by atoms with Crippen molar-refractivity contribution < 1.29 is 4.74 Å². The molecule has 0 aliphatic carbocycles. The largest absolute Gasteiger partial charge is 0.497 e. The van der Waals surface area contributed by atoms with Gasteiger partial charge < -0.3 is 4.74 Å². The summed E-state index contributed by atoms with van der Waals surface area (Å²) in [5, 5.41) is 0. The highest BCUT2D eigenvalue weighted by Gasteiger charge is 2.18. The summed E-state index contributed by atoms with van der Waals surface area (Å²) < 4.78 is 5.18. The summed E-state index contributed by atoms with van der Waals surface area (Å²) in [5.41, 5.74) is 1.82. The van der Waals surface area contributed by atoms with E-state index in [0.29, 0.717) is 11.3 Å². The molecule has 16 heavy (non-hydrogen) atoms. The lowest BCUT2D eigenvalue weighted by molar-refractivity contribution is 0.335. The first-order chi connectivity index (χ1) is 7.46. The Balaban J connectivity index is 2.79. The van der Waals surface area contributed by atoms with Crippen LogP contribution in [0.25, 0.3) is 0 Å². The van der Waals surface area contributed by atoms with Crippen molar-refractivity contribution in [2.45, 2.75) is 46.5 Å². The van der Waals surface area contributed by atoms with Gasteiger partial charge in [-0.05, 0) is 41.9 Å². The van der Waals surface area contributed by atoms with E-state index in [1.165, 1.54) is 18.4 Å². The summed E-state index contributed by atoms with van der Waals surface area (Å²) in [7, 11) is 1.71. The maximum Gasteiger partial charge on any atom is 0.118 e. The Kier molecular flexibility index (Phi) is 4.40. The molecule has 1 aromatic rings. The van der Waals surface area contributed by atoms with Gasteiger partial charge >= 0.3 is 0 Å². The van der Waals surface area contributed by atoms with E-state index < -0.39 is 0 Å². The van der Waals surface area contributed by atoms with E-state index in [-0.39, 0.29) is 0 Å². The van der Waals surface area contributed by atoms with Crippen molar-refractivity contribution >= 4 is 0 Å². The van der Waals surface area contributed by atoms with E-state index >= 15 is 0 Å². The maximum absolute atomic E-state index is 5.18. The smallest absolute Gasteiger partial charge is 0.118 e. The Hall–Kier alpha value is -0.980. The van der Waals surface area contributed by atoms with E-state index in [1.54, 1.807) is 7.11 Å². The Morgan fingerprint density at radius 3 is 2.06 bits per heavy atom. The molecule has 1 atom stereocenters. The third-order valence-corrected chi connectivity index (χ3v) is 2.94. The highest BCUT2D eigenvalue weighted by atomic mass is 16.5. The van der Waals surface area contributed by atoms with Crippen LogP contribution >= 0.6 is 0 Å². The molecule has 0 heterocycles. The second kappa shape index (κ2) is 5.38. The van der Waals surface area contributed by atoms with Crippen LogP contribution in [0.1, 0.15) is 52.0 Å². The molecular formula is C15H24O. The summed E-state index contributed by atoms with van der Waals surface area (Å²) in [6, 6.07) is 8.50. The molecule has 1 nitrogen and oxygen atoms in total. The normalized spacial score (nSPS) is 13.6. The minimum atomic E-state index is 0.389. The Labute approximate surface area is 99.8 Å². The zero-order valence-corrected chi connectivity index (χ0v) is 11.2. The van der Waals surface area contributed by atoms with Gasteiger partial charge in [-0.15, -0.1) is 0 Å². The molecule has 0 aromatic heterocycles. The number of ether oxygens (including phenoxy) is 1. The SMILES string of the molecule is CCC(CC(C)(C)C)c1ccc(OC)cc1. The molecule has 0 aliphatic rings. The first kappa shape index (κ1) is 13.1. The molecular weight excluding hydrogens is 196 g/mol. The van der Waals surface area contributed by atoms with Crippen molar-refractivity contribution in [3.63, 3.8) is 0 Å². The lowest BCUT2D eigenvalue weighted by Gasteiger charge is -2.25. The van der Waals surface area contributed by atoms with Crippen molar-refractivity contribution in [1.29, 1.82) is 0 Å². The van der Waals surface area contributed by atoms with Gasteiger partial charge in [0.2, 0.25) is 0 Å². The summed E-state index contributed by atoms with van der Waals surface area (Å²) in [4.78, 5) is 0.